The minimum absolute atomic E-state index is 0.0874. The summed E-state index contributed by atoms with van der Waals surface area (Å²) in [6, 6.07) is 12.1. The molecule has 0 spiro atoms. The molecule has 1 unspecified atom stereocenters. The fraction of sp³-hybridized carbons (Fsp3) is 0.211. The van der Waals surface area contributed by atoms with Crippen LogP contribution in [0.1, 0.15) is 23.7 Å². The van der Waals surface area contributed by atoms with E-state index in [1.165, 1.54) is 0 Å². The highest BCUT2D eigenvalue weighted by Gasteiger charge is 2.18. The Bertz CT molecular complexity index is 922. The first-order valence-corrected chi connectivity index (χ1v) is 10.3. The highest BCUT2D eigenvalue weighted by atomic mass is 79.9. The lowest BCUT2D eigenvalue weighted by molar-refractivity contribution is -0.128. The van der Waals surface area contributed by atoms with Gasteiger partial charge in [0.1, 0.15) is 5.75 Å². The summed E-state index contributed by atoms with van der Waals surface area (Å²) in [5.74, 6) is 0.148. The molecule has 0 bridgehead atoms. The van der Waals surface area contributed by atoms with Crippen LogP contribution in [0.15, 0.2) is 51.8 Å². The van der Waals surface area contributed by atoms with E-state index in [1.54, 1.807) is 55.1 Å². The maximum Gasteiger partial charge on any atom is 0.279 e. The molecule has 1 atom stereocenters. The minimum Gasteiger partial charge on any atom is -0.481 e. The van der Waals surface area contributed by atoms with Crippen molar-refractivity contribution >= 4 is 51.1 Å². The number of hydrogen-bond donors (Lipinski definition) is 3. The summed E-state index contributed by atoms with van der Waals surface area (Å²) in [6.07, 6.45) is -0.385. The number of anilines is 1. The Labute approximate surface area is 174 Å². The van der Waals surface area contributed by atoms with Gasteiger partial charge >= 0.3 is 0 Å². The molecule has 0 fully saturated rings. The van der Waals surface area contributed by atoms with Gasteiger partial charge in [0.15, 0.2) is 6.10 Å². The highest BCUT2D eigenvalue weighted by molar-refractivity contribution is 9.10. The quantitative estimate of drug-likeness (QED) is 0.605. The first-order chi connectivity index (χ1) is 13.4. The number of fused-ring (bicyclic) bond motifs is 1. The van der Waals surface area contributed by atoms with Crippen LogP contribution in [0.25, 0.3) is 0 Å². The summed E-state index contributed by atoms with van der Waals surface area (Å²) in [6.45, 7) is 1.58. The van der Waals surface area contributed by atoms with E-state index < -0.39 is 17.9 Å². The molecule has 2 aromatic rings. The second-order valence-electron chi connectivity index (χ2n) is 6.02. The molecule has 1 aliphatic heterocycles. The van der Waals surface area contributed by atoms with Crippen LogP contribution in [0.2, 0.25) is 0 Å². The van der Waals surface area contributed by atoms with Crippen molar-refractivity contribution in [2.45, 2.75) is 24.3 Å². The van der Waals surface area contributed by atoms with Gasteiger partial charge in [-0.15, -0.1) is 11.8 Å². The molecular formula is C19H18BrN3O4S. The smallest absolute Gasteiger partial charge is 0.279 e. The first kappa shape index (κ1) is 20.2. The summed E-state index contributed by atoms with van der Waals surface area (Å²) < 4.78 is 6.38. The molecule has 1 aliphatic rings. The second-order valence-corrected chi connectivity index (χ2v) is 8.07. The van der Waals surface area contributed by atoms with Crippen LogP contribution < -0.4 is 20.9 Å². The molecule has 9 heteroatoms. The van der Waals surface area contributed by atoms with E-state index >= 15 is 0 Å². The lowest BCUT2D eigenvalue weighted by Crippen LogP contribution is -2.47. The lowest BCUT2D eigenvalue weighted by Gasteiger charge is -2.15. The van der Waals surface area contributed by atoms with Crippen LogP contribution in [-0.2, 0) is 9.59 Å². The Morgan fingerprint density at radius 3 is 2.82 bits per heavy atom. The molecular weight excluding hydrogens is 446 g/mol. The van der Waals surface area contributed by atoms with Crippen LogP contribution in [0, 0.1) is 0 Å². The van der Waals surface area contributed by atoms with E-state index in [-0.39, 0.29) is 5.91 Å². The standard InChI is InChI=1S/C19H18BrN3O4S/c1-11(27-14-4-2-3-13(20)10-14)18(25)22-23-19(26)12-5-6-16-15(9-12)21-17(24)7-8-28-16/h2-6,9-11H,7-8H2,1H3,(H,21,24)(H,22,25)(H,23,26). The maximum absolute atomic E-state index is 12.3. The van der Waals surface area contributed by atoms with Crippen molar-refractivity contribution in [2.24, 2.45) is 0 Å². The Morgan fingerprint density at radius 2 is 2.04 bits per heavy atom. The average molecular weight is 464 g/mol. The number of carbonyl (C=O) groups is 3. The predicted octanol–water partition coefficient (Wildman–Crippen LogP) is 3.11. The second kappa shape index (κ2) is 9.11. The minimum atomic E-state index is -0.808. The van der Waals surface area contributed by atoms with Crippen molar-refractivity contribution in [3.63, 3.8) is 0 Å². The fourth-order valence-electron chi connectivity index (χ4n) is 2.45. The summed E-state index contributed by atoms with van der Waals surface area (Å²) in [7, 11) is 0. The zero-order valence-electron chi connectivity index (χ0n) is 15.0. The van der Waals surface area contributed by atoms with Crippen molar-refractivity contribution in [3.05, 3.63) is 52.5 Å². The van der Waals surface area contributed by atoms with Gasteiger partial charge in [0.25, 0.3) is 11.8 Å². The SMILES string of the molecule is CC(Oc1cccc(Br)c1)C(=O)NNC(=O)c1ccc2c(c1)NC(=O)CCS2. The molecule has 2 aromatic carbocycles. The molecule has 0 radical (unpaired) electrons. The third-order valence-electron chi connectivity index (χ3n) is 3.88. The van der Waals surface area contributed by atoms with E-state index in [1.807, 2.05) is 6.07 Å². The summed E-state index contributed by atoms with van der Waals surface area (Å²) in [5.41, 5.74) is 5.63. The highest BCUT2D eigenvalue weighted by Crippen LogP contribution is 2.31. The molecule has 3 N–H and O–H groups in total. The molecule has 0 saturated carbocycles. The summed E-state index contributed by atoms with van der Waals surface area (Å²) >= 11 is 4.89. The topological polar surface area (TPSA) is 96.5 Å². The normalized spacial score (nSPS) is 14.1. The number of thioether (sulfide) groups is 1. The molecule has 3 rings (SSSR count). The number of rotatable bonds is 4. The third kappa shape index (κ3) is 5.26. The number of benzene rings is 2. The van der Waals surface area contributed by atoms with E-state index in [0.717, 1.165) is 9.37 Å². The van der Waals surface area contributed by atoms with Crippen molar-refractivity contribution < 1.29 is 19.1 Å². The maximum atomic E-state index is 12.3. The molecule has 1 heterocycles. The Kier molecular flexibility index (Phi) is 6.58. The van der Waals surface area contributed by atoms with Crippen LogP contribution in [0.5, 0.6) is 5.75 Å². The van der Waals surface area contributed by atoms with Gasteiger partial charge in [-0.05, 0) is 43.3 Å². The largest absolute Gasteiger partial charge is 0.481 e. The predicted molar refractivity (Wildman–Crippen MR) is 110 cm³/mol. The number of halogens is 1. The molecule has 0 aromatic heterocycles. The van der Waals surface area contributed by atoms with Crippen LogP contribution in [-0.4, -0.2) is 29.6 Å². The number of hydrazine groups is 1. The van der Waals surface area contributed by atoms with Gasteiger partial charge in [0.05, 0.1) is 5.69 Å². The van der Waals surface area contributed by atoms with Crippen LogP contribution in [0.4, 0.5) is 5.69 Å². The van der Waals surface area contributed by atoms with Crippen molar-refractivity contribution in [3.8, 4) is 5.75 Å². The van der Waals surface area contributed by atoms with Crippen LogP contribution in [0.3, 0.4) is 0 Å². The Morgan fingerprint density at radius 1 is 1.21 bits per heavy atom. The zero-order chi connectivity index (χ0) is 20.1. The van der Waals surface area contributed by atoms with Gasteiger partial charge in [-0.3, -0.25) is 25.2 Å². The lowest BCUT2D eigenvalue weighted by atomic mass is 10.2. The Hall–Kier alpha value is -2.52. The number of ether oxygens (including phenoxy) is 1. The van der Waals surface area contributed by atoms with E-state index in [0.29, 0.717) is 29.2 Å². The number of nitrogens with one attached hydrogen (secondary N) is 3. The molecule has 28 heavy (non-hydrogen) atoms. The van der Waals surface area contributed by atoms with Gasteiger partial charge < -0.3 is 10.1 Å². The van der Waals surface area contributed by atoms with Gasteiger partial charge in [-0.2, -0.15) is 0 Å². The van der Waals surface area contributed by atoms with E-state index in [9.17, 15) is 14.4 Å². The van der Waals surface area contributed by atoms with Gasteiger partial charge in [-0.1, -0.05) is 22.0 Å². The third-order valence-corrected chi connectivity index (χ3v) is 5.45. The van der Waals surface area contributed by atoms with Gasteiger partial charge in [-0.25, -0.2) is 0 Å². The van der Waals surface area contributed by atoms with Crippen LogP contribution >= 0.6 is 27.7 Å². The first-order valence-electron chi connectivity index (χ1n) is 8.51. The zero-order valence-corrected chi connectivity index (χ0v) is 17.4. The van der Waals surface area contributed by atoms with E-state index in [2.05, 4.69) is 32.1 Å². The van der Waals surface area contributed by atoms with Crippen molar-refractivity contribution in [1.82, 2.24) is 10.9 Å². The van der Waals surface area contributed by atoms with Gasteiger partial charge in [0.2, 0.25) is 5.91 Å². The summed E-state index contributed by atoms with van der Waals surface area (Å²) in [5, 5.41) is 2.78. The molecule has 3 amide bonds. The average Bonchev–Trinajstić information content (AvgIpc) is 2.85. The fourth-order valence-corrected chi connectivity index (χ4v) is 3.77. The van der Waals surface area contributed by atoms with E-state index in [4.69, 9.17) is 4.74 Å². The number of hydrogen-bond acceptors (Lipinski definition) is 5. The van der Waals surface area contributed by atoms with Gasteiger partial charge in [0, 0.05) is 27.1 Å². The monoisotopic (exact) mass is 463 g/mol. The number of amides is 3. The molecule has 7 nitrogen and oxygen atoms in total. The molecule has 0 aliphatic carbocycles. The summed E-state index contributed by atoms with van der Waals surface area (Å²) in [4.78, 5) is 37.1. The molecule has 146 valence electrons. The Balaban J connectivity index is 1.57. The van der Waals surface area contributed by atoms with Crippen molar-refractivity contribution in [1.29, 1.82) is 0 Å². The van der Waals surface area contributed by atoms with Crippen molar-refractivity contribution in [2.75, 3.05) is 11.1 Å². The molecule has 0 saturated heterocycles. The number of carbonyl (C=O) groups excluding carboxylic acids is 3.